The number of benzene rings is 4. The molecular formula is C29H24N2O4. The predicted molar refractivity (Wildman–Crippen MR) is 138 cm³/mol. The topological polar surface area (TPSA) is 67.9 Å². The van der Waals surface area contributed by atoms with E-state index in [2.05, 4.69) is 5.32 Å². The molecule has 1 aliphatic rings. The van der Waals surface area contributed by atoms with Crippen LogP contribution in [0, 0.1) is 0 Å². The summed E-state index contributed by atoms with van der Waals surface area (Å²) < 4.78 is 11.0. The number of ether oxygens (including phenoxy) is 2. The van der Waals surface area contributed by atoms with E-state index in [1.54, 1.807) is 43.5 Å². The summed E-state index contributed by atoms with van der Waals surface area (Å²) in [5.41, 5.74) is 2.20. The summed E-state index contributed by atoms with van der Waals surface area (Å²) in [5, 5.41) is 5.25. The summed E-state index contributed by atoms with van der Waals surface area (Å²) in [6.07, 6.45) is 0. The standard InChI is InChI=1S/C29H24N2O4/c1-3-35-21-17-15-20(16-18-21)31-28(32)26(23-12-6-7-14-25(23)34-2)27(29(31)33)30-24-13-8-10-19-9-4-5-11-22(19)24/h4-18,30H,3H2,1-2H3. The quantitative estimate of drug-likeness (QED) is 0.358. The third-order valence-electron chi connectivity index (χ3n) is 5.92. The van der Waals surface area contributed by atoms with E-state index in [4.69, 9.17) is 9.47 Å². The lowest BCUT2D eigenvalue weighted by molar-refractivity contribution is -0.120. The fourth-order valence-corrected chi connectivity index (χ4v) is 4.31. The molecule has 4 aromatic rings. The van der Waals surface area contributed by atoms with Crippen molar-refractivity contribution in [2.45, 2.75) is 6.92 Å². The van der Waals surface area contributed by atoms with E-state index in [-0.39, 0.29) is 11.3 Å². The molecule has 0 radical (unpaired) electrons. The van der Waals surface area contributed by atoms with Crippen molar-refractivity contribution in [3.63, 3.8) is 0 Å². The number of fused-ring (bicyclic) bond motifs is 1. The Morgan fingerprint density at radius 3 is 2.29 bits per heavy atom. The molecule has 1 N–H and O–H groups in total. The Kier molecular flexibility index (Phi) is 5.94. The highest BCUT2D eigenvalue weighted by Crippen LogP contribution is 2.38. The van der Waals surface area contributed by atoms with Gasteiger partial charge in [-0.15, -0.1) is 0 Å². The molecule has 5 rings (SSSR count). The molecule has 0 spiro atoms. The maximum atomic E-state index is 13.8. The second-order valence-electron chi connectivity index (χ2n) is 7.97. The fourth-order valence-electron chi connectivity index (χ4n) is 4.31. The Labute approximate surface area is 203 Å². The van der Waals surface area contributed by atoms with Crippen LogP contribution in [-0.2, 0) is 9.59 Å². The minimum absolute atomic E-state index is 0.199. The van der Waals surface area contributed by atoms with Crippen LogP contribution in [-0.4, -0.2) is 25.5 Å². The Morgan fingerprint density at radius 1 is 0.800 bits per heavy atom. The molecule has 0 bridgehead atoms. The van der Waals surface area contributed by atoms with Gasteiger partial charge in [0, 0.05) is 16.6 Å². The summed E-state index contributed by atoms with van der Waals surface area (Å²) in [7, 11) is 1.54. The van der Waals surface area contributed by atoms with Gasteiger partial charge in [-0.05, 0) is 48.7 Å². The number of nitrogens with one attached hydrogen (secondary N) is 1. The van der Waals surface area contributed by atoms with E-state index in [9.17, 15) is 9.59 Å². The minimum atomic E-state index is -0.437. The number of nitrogens with zero attached hydrogens (tertiary/aromatic N) is 1. The van der Waals surface area contributed by atoms with Crippen molar-refractivity contribution >= 4 is 39.5 Å². The molecule has 0 aromatic heterocycles. The van der Waals surface area contributed by atoms with Crippen molar-refractivity contribution in [3.8, 4) is 11.5 Å². The van der Waals surface area contributed by atoms with Crippen molar-refractivity contribution in [2.75, 3.05) is 23.9 Å². The average molecular weight is 465 g/mol. The lowest BCUT2D eigenvalue weighted by atomic mass is 10.0. The molecule has 1 aliphatic heterocycles. The maximum absolute atomic E-state index is 13.8. The zero-order valence-corrected chi connectivity index (χ0v) is 19.4. The van der Waals surface area contributed by atoms with Crippen LogP contribution in [0.2, 0.25) is 0 Å². The second kappa shape index (κ2) is 9.35. The van der Waals surface area contributed by atoms with Crippen LogP contribution < -0.4 is 19.7 Å². The van der Waals surface area contributed by atoms with Gasteiger partial charge in [0.25, 0.3) is 11.8 Å². The molecular weight excluding hydrogens is 440 g/mol. The first-order valence-corrected chi connectivity index (χ1v) is 11.4. The molecule has 35 heavy (non-hydrogen) atoms. The van der Waals surface area contributed by atoms with E-state index in [1.807, 2.05) is 61.5 Å². The first-order valence-electron chi connectivity index (χ1n) is 11.4. The molecule has 0 saturated heterocycles. The van der Waals surface area contributed by atoms with Gasteiger partial charge < -0.3 is 14.8 Å². The lowest BCUT2D eigenvalue weighted by Crippen LogP contribution is -2.32. The molecule has 6 heteroatoms. The number of carbonyl (C=O) groups excluding carboxylic acids is 2. The fraction of sp³-hybridized carbons (Fsp3) is 0.103. The van der Waals surface area contributed by atoms with Gasteiger partial charge in [0.2, 0.25) is 0 Å². The first kappa shape index (κ1) is 22.2. The second-order valence-corrected chi connectivity index (χ2v) is 7.97. The Bertz CT molecular complexity index is 1450. The SMILES string of the molecule is CCOc1ccc(N2C(=O)C(Nc3cccc4ccccc34)=C(c3ccccc3OC)C2=O)cc1. The number of amides is 2. The predicted octanol–water partition coefficient (Wildman–Crippen LogP) is 5.64. The molecule has 0 aliphatic carbocycles. The van der Waals surface area contributed by atoms with Crippen LogP contribution in [0.25, 0.3) is 16.3 Å². The molecule has 174 valence electrons. The number of rotatable bonds is 7. The van der Waals surface area contributed by atoms with E-state index >= 15 is 0 Å². The molecule has 4 aromatic carbocycles. The largest absolute Gasteiger partial charge is 0.496 e. The van der Waals surface area contributed by atoms with Gasteiger partial charge in [0.05, 0.1) is 25.0 Å². The van der Waals surface area contributed by atoms with E-state index in [0.717, 1.165) is 16.5 Å². The monoisotopic (exact) mass is 464 g/mol. The van der Waals surface area contributed by atoms with Gasteiger partial charge in [0.15, 0.2) is 0 Å². The highest BCUT2D eigenvalue weighted by Gasteiger charge is 2.41. The molecule has 0 fully saturated rings. The number of methoxy groups -OCH3 is 1. The highest BCUT2D eigenvalue weighted by molar-refractivity contribution is 6.46. The Hall–Kier alpha value is -4.58. The van der Waals surface area contributed by atoms with Crippen molar-refractivity contribution < 1.29 is 19.1 Å². The van der Waals surface area contributed by atoms with Crippen LogP contribution in [0.3, 0.4) is 0 Å². The third-order valence-corrected chi connectivity index (χ3v) is 5.92. The minimum Gasteiger partial charge on any atom is -0.496 e. The number of anilines is 2. The van der Waals surface area contributed by atoms with Crippen LogP contribution >= 0.6 is 0 Å². The molecule has 0 unspecified atom stereocenters. The molecule has 6 nitrogen and oxygen atoms in total. The van der Waals surface area contributed by atoms with Crippen molar-refractivity contribution in [2.24, 2.45) is 0 Å². The van der Waals surface area contributed by atoms with Gasteiger partial charge in [-0.3, -0.25) is 9.59 Å². The van der Waals surface area contributed by atoms with E-state index < -0.39 is 11.8 Å². The van der Waals surface area contributed by atoms with Gasteiger partial charge in [-0.1, -0.05) is 54.6 Å². The number of hydrogen-bond donors (Lipinski definition) is 1. The first-order chi connectivity index (χ1) is 17.1. The van der Waals surface area contributed by atoms with Crippen molar-refractivity contribution in [1.29, 1.82) is 0 Å². The van der Waals surface area contributed by atoms with Crippen LogP contribution in [0.4, 0.5) is 11.4 Å². The summed E-state index contributed by atoms with van der Waals surface area (Å²) in [6.45, 7) is 2.43. The van der Waals surface area contributed by atoms with Crippen LogP contribution in [0.15, 0.2) is 96.7 Å². The van der Waals surface area contributed by atoms with Crippen LogP contribution in [0.5, 0.6) is 11.5 Å². The zero-order chi connectivity index (χ0) is 24.4. The molecule has 0 saturated carbocycles. The summed E-state index contributed by atoms with van der Waals surface area (Å²) in [5.74, 6) is 0.316. The number of para-hydroxylation sites is 1. The lowest BCUT2D eigenvalue weighted by Gasteiger charge is -2.16. The Balaban J connectivity index is 1.64. The number of imide groups is 1. The maximum Gasteiger partial charge on any atom is 0.282 e. The van der Waals surface area contributed by atoms with Crippen LogP contribution in [0.1, 0.15) is 12.5 Å². The number of hydrogen-bond acceptors (Lipinski definition) is 5. The highest BCUT2D eigenvalue weighted by atomic mass is 16.5. The smallest absolute Gasteiger partial charge is 0.282 e. The molecule has 2 amide bonds. The van der Waals surface area contributed by atoms with Gasteiger partial charge in [0.1, 0.15) is 17.2 Å². The zero-order valence-electron chi connectivity index (χ0n) is 19.4. The van der Waals surface area contributed by atoms with Gasteiger partial charge in [-0.2, -0.15) is 0 Å². The molecule has 0 atom stereocenters. The van der Waals surface area contributed by atoms with Crippen molar-refractivity contribution in [3.05, 3.63) is 102 Å². The Morgan fingerprint density at radius 2 is 1.51 bits per heavy atom. The number of carbonyl (C=O) groups is 2. The van der Waals surface area contributed by atoms with Gasteiger partial charge >= 0.3 is 0 Å². The van der Waals surface area contributed by atoms with E-state index in [1.165, 1.54) is 4.90 Å². The van der Waals surface area contributed by atoms with Gasteiger partial charge in [-0.25, -0.2) is 4.90 Å². The summed E-state index contributed by atoms with van der Waals surface area (Å²) >= 11 is 0. The molecule has 1 heterocycles. The normalized spacial score (nSPS) is 13.5. The summed E-state index contributed by atoms with van der Waals surface area (Å²) in [6, 6.07) is 27.8. The third kappa shape index (κ3) is 3.99. The summed E-state index contributed by atoms with van der Waals surface area (Å²) in [4.78, 5) is 28.7. The van der Waals surface area contributed by atoms with Crippen molar-refractivity contribution in [1.82, 2.24) is 0 Å². The average Bonchev–Trinajstić information content (AvgIpc) is 3.13. The van der Waals surface area contributed by atoms with E-state index in [0.29, 0.717) is 29.4 Å².